The maximum Gasteiger partial charge on any atom is 0.109 e. The van der Waals surface area contributed by atoms with Crippen molar-refractivity contribution < 1.29 is 5.11 Å². The summed E-state index contributed by atoms with van der Waals surface area (Å²) in [7, 11) is 0. The quantitative estimate of drug-likeness (QED) is 0.921. The van der Waals surface area contributed by atoms with Crippen LogP contribution in [0.3, 0.4) is 0 Å². The molecule has 0 fully saturated rings. The third-order valence-electron chi connectivity index (χ3n) is 1.86. The molecule has 15 heavy (non-hydrogen) atoms. The van der Waals surface area contributed by atoms with Crippen LogP contribution in [0, 0.1) is 0 Å². The standard InChI is InChI=1S/C9H7BrClN3O/c10-6-1-2-8(11)9(3-6)14-4-7(5-15)12-13-14/h1-4,15H,5H2. The Hall–Kier alpha value is -0.910. The zero-order valence-electron chi connectivity index (χ0n) is 7.56. The highest BCUT2D eigenvalue weighted by Crippen LogP contribution is 2.23. The highest BCUT2D eigenvalue weighted by atomic mass is 79.9. The van der Waals surface area contributed by atoms with E-state index in [-0.39, 0.29) is 6.61 Å². The van der Waals surface area contributed by atoms with Crippen molar-refractivity contribution >= 4 is 27.5 Å². The van der Waals surface area contributed by atoms with Gasteiger partial charge in [-0.3, -0.25) is 0 Å². The number of nitrogens with zero attached hydrogens (tertiary/aromatic N) is 3. The normalized spacial score (nSPS) is 10.6. The molecule has 0 amide bonds. The molecule has 0 atom stereocenters. The summed E-state index contributed by atoms with van der Waals surface area (Å²) >= 11 is 9.36. The second-order valence-electron chi connectivity index (χ2n) is 2.91. The summed E-state index contributed by atoms with van der Waals surface area (Å²) in [5.74, 6) is 0. The van der Waals surface area contributed by atoms with Crippen molar-refractivity contribution in [2.24, 2.45) is 0 Å². The van der Waals surface area contributed by atoms with Gasteiger partial charge < -0.3 is 5.11 Å². The molecule has 0 spiro atoms. The Morgan fingerprint density at radius 2 is 2.27 bits per heavy atom. The van der Waals surface area contributed by atoms with Crippen LogP contribution in [0.25, 0.3) is 5.69 Å². The Morgan fingerprint density at radius 1 is 1.47 bits per heavy atom. The summed E-state index contributed by atoms with van der Waals surface area (Å²) in [6, 6.07) is 5.44. The summed E-state index contributed by atoms with van der Waals surface area (Å²) in [4.78, 5) is 0. The minimum absolute atomic E-state index is 0.133. The number of aliphatic hydroxyl groups excluding tert-OH is 1. The third kappa shape index (κ3) is 2.19. The van der Waals surface area contributed by atoms with Gasteiger partial charge in [-0.1, -0.05) is 32.7 Å². The first-order chi connectivity index (χ1) is 7.20. The van der Waals surface area contributed by atoms with Crippen molar-refractivity contribution in [3.05, 3.63) is 39.6 Å². The van der Waals surface area contributed by atoms with Gasteiger partial charge in [0, 0.05) is 4.47 Å². The van der Waals surface area contributed by atoms with E-state index in [2.05, 4.69) is 26.2 Å². The zero-order valence-corrected chi connectivity index (χ0v) is 9.90. The van der Waals surface area contributed by atoms with Crippen molar-refractivity contribution in [2.75, 3.05) is 0 Å². The molecule has 0 bridgehead atoms. The monoisotopic (exact) mass is 287 g/mol. The first kappa shape index (κ1) is 10.6. The van der Waals surface area contributed by atoms with Gasteiger partial charge in [0.25, 0.3) is 0 Å². The Bertz CT molecular complexity index is 486. The molecule has 1 aromatic carbocycles. The number of hydrogen-bond donors (Lipinski definition) is 1. The third-order valence-corrected chi connectivity index (χ3v) is 2.67. The smallest absolute Gasteiger partial charge is 0.109 e. The van der Waals surface area contributed by atoms with Gasteiger partial charge in [-0.15, -0.1) is 5.10 Å². The number of benzene rings is 1. The minimum atomic E-state index is -0.133. The molecule has 0 unspecified atom stereocenters. The molecule has 0 aliphatic carbocycles. The average Bonchev–Trinajstić information content (AvgIpc) is 2.70. The van der Waals surface area contributed by atoms with Crippen LogP contribution in [0.1, 0.15) is 5.69 Å². The molecule has 4 nitrogen and oxygen atoms in total. The molecule has 2 rings (SSSR count). The van der Waals surface area contributed by atoms with Crippen molar-refractivity contribution in [1.29, 1.82) is 0 Å². The van der Waals surface area contributed by atoms with Gasteiger partial charge in [-0.2, -0.15) is 0 Å². The lowest BCUT2D eigenvalue weighted by molar-refractivity contribution is 0.276. The molecule has 0 aliphatic heterocycles. The zero-order chi connectivity index (χ0) is 10.8. The molecule has 0 radical (unpaired) electrons. The second-order valence-corrected chi connectivity index (χ2v) is 4.23. The molecule has 78 valence electrons. The maximum atomic E-state index is 8.86. The van der Waals surface area contributed by atoms with Gasteiger partial charge >= 0.3 is 0 Å². The van der Waals surface area contributed by atoms with Crippen molar-refractivity contribution in [1.82, 2.24) is 15.0 Å². The lowest BCUT2D eigenvalue weighted by Gasteiger charge is -2.03. The van der Waals surface area contributed by atoms with E-state index in [1.54, 1.807) is 12.3 Å². The number of aromatic nitrogens is 3. The second kappa shape index (κ2) is 4.30. The Balaban J connectivity index is 2.48. The minimum Gasteiger partial charge on any atom is -0.390 e. The van der Waals surface area contributed by atoms with Gasteiger partial charge in [0.2, 0.25) is 0 Å². The maximum absolute atomic E-state index is 8.86. The van der Waals surface area contributed by atoms with E-state index in [1.165, 1.54) is 4.68 Å². The summed E-state index contributed by atoms with van der Waals surface area (Å²) in [6.45, 7) is -0.133. The number of halogens is 2. The van der Waals surface area contributed by atoms with E-state index in [0.717, 1.165) is 10.2 Å². The van der Waals surface area contributed by atoms with Crippen LogP contribution in [-0.4, -0.2) is 20.1 Å². The highest BCUT2D eigenvalue weighted by molar-refractivity contribution is 9.10. The summed E-state index contributed by atoms with van der Waals surface area (Å²) < 4.78 is 2.43. The number of aliphatic hydroxyl groups is 1. The predicted octanol–water partition coefficient (Wildman–Crippen LogP) is 2.18. The predicted molar refractivity (Wildman–Crippen MR) is 60.0 cm³/mol. The number of hydrogen-bond acceptors (Lipinski definition) is 3. The van der Waals surface area contributed by atoms with Crippen LogP contribution < -0.4 is 0 Å². The van der Waals surface area contributed by atoms with Crippen LogP contribution in [0.15, 0.2) is 28.9 Å². The largest absolute Gasteiger partial charge is 0.390 e. The van der Waals surface area contributed by atoms with Gasteiger partial charge in [0.15, 0.2) is 0 Å². The molecule has 1 aromatic heterocycles. The molecule has 0 saturated carbocycles. The summed E-state index contributed by atoms with van der Waals surface area (Å²) in [6.07, 6.45) is 1.63. The van der Waals surface area contributed by atoms with Crippen LogP contribution in [-0.2, 0) is 6.61 Å². The fourth-order valence-electron chi connectivity index (χ4n) is 1.15. The lowest BCUT2D eigenvalue weighted by atomic mass is 10.3. The van der Waals surface area contributed by atoms with Crippen LogP contribution in [0.4, 0.5) is 0 Å². The van der Waals surface area contributed by atoms with Gasteiger partial charge in [-0.05, 0) is 18.2 Å². The SMILES string of the molecule is OCc1cn(-c2cc(Br)ccc2Cl)nn1. The van der Waals surface area contributed by atoms with Crippen molar-refractivity contribution in [3.63, 3.8) is 0 Å². The average molecular weight is 289 g/mol. The summed E-state index contributed by atoms with van der Waals surface area (Å²) in [5.41, 5.74) is 1.23. The van der Waals surface area contributed by atoms with Crippen LogP contribution in [0.5, 0.6) is 0 Å². The van der Waals surface area contributed by atoms with E-state index in [0.29, 0.717) is 10.7 Å². The van der Waals surface area contributed by atoms with Crippen LogP contribution >= 0.6 is 27.5 Å². The molecular weight excluding hydrogens is 281 g/mol. The van der Waals surface area contributed by atoms with E-state index < -0.39 is 0 Å². The molecular formula is C9H7BrClN3O. The number of rotatable bonds is 2. The highest BCUT2D eigenvalue weighted by Gasteiger charge is 2.06. The van der Waals surface area contributed by atoms with Gasteiger partial charge in [0.05, 0.1) is 23.5 Å². The first-order valence-corrected chi connectivity index (χ1v) is 5.35. The van der Waals surface area contributed by atoms with Gasteiger partial charge in [-0.25, -0.2) is 4.68 Å². The fourth-order valence-corrected chi connectivity index (χ4v) is 1.70. The van der Waals surface area contributed by atoms with E-state index in [9.17, 15) is 0 Å². The molecule has 0 saturated heterocycles. The fraction of sp³-hybridized carbons (Fsp3) is 0.111. The summed E-state index contributed by atoms with van der Waals surface area (Å²) in [5, 5.41) is 17.1. The Morgan fingerprint density at radius 3 is 2.93 bits per heavy atom. The lowest BCUT2D eigenvalue weighted by Crippen LogP contribution is -1.95. The molecule has 6 heteroatoms. The van der Waals surface area contributed by atoms with Crippen molar-refractivity contribution in [3.8, 4) is 5.69 Å². The Labute approximate surface area is 99.6 Å². The molecule has 1 heterocycles. The van der Waals surface area contributed by atoms with Crippen molar-refractivity contribution in [2.45, 2.75) is 6.61 Å². The van der Waals surface area contributed by atoms with E-state index >= 15 is 0 Å². The van der Waals surface area contributed by atoms with E-state index in [1.807, 2.05) is 12.1 Å². The molecule has 0 aliphatic rings. The van der Waals surface area contributed by atoms with Gasteiger partial charge in [0.1, 0.15) is 5.69 Å². The van der Waals surface area contributed by atoms with Crippen LogP contribution in [0.2, 0.25) is 5.02 Å². The molecule has 2 aromatic rings. The molecule has 1 N–H and O–H groups in total. The van der Waals surface area contributed by atoms with E-state index in [4.69, 9.17) is 16.7 Å². The topological polar surface area (TPSA) is 50.9 Å². The Kier molecular flexibility index (Phi) is 3.04. The first-order valence-electron chi connectivity index (χ1n) is 4.18.